The Hall–Kier alpha value is -3.82. The fourth-order valence-corrected chi connectivity index (χ4v) is 2.08. The fraction of sp³-hybridized carbons (Fsp3) is 0.0556. The van der Waals surface area contributed by atoms with Gasteiger partial charge in [0.1, 0.15) is 0 Å². The highest BCUT2D eigenvalue weighted by molar-refractivity contribution is 6.09. The molecule has 10 heteroatoms. The summed E-state index contributed by atoms with van der Waals surface area (Å²) in [6.45, 7) is 0. The molecule has 0 spiro atoms. The number of halogens is 3. The van der Waals surface area contributed by atoms with Gasteiger partial charge in [0.2, 0.25) is 0 Å². The van der Waals surface area contributed by atoms with Crippen LogP contribution in [0.4, 0.5) is 24.5 Å². The number of hydrogen-bond donors (Lipinski definition) is 4. The van der Waals surface area contributed by atoms with Gasteiger partial charge in [0.15, 0.2) is 0 Å². The molecule has 1 amide bonds. The van der Waals surface area contributed by atoms with Gasteiger partial charge in [-0.05, 0) is 12.1 Å². The van der Waals surface area contributed by atoms with Crippen LogP contribution in [0.1, 0.15) is 10.4 Å². The molecule has 28 heavy (non-hydrogen) atoms. The Morgan fingerprint density at radius 3 is 2.18 bits per heavy atom. The lowest BCUT2D eigenvalue weighted by molar-refractivity contribution is -0.192. The highest BCUT2D eigenvalue weighted by Gasteiger charge is 2.38. The zero-order valence-electron chi connectivity index (χ0n) is 14.2. The maximum absolute atomic E-state index is 12.4. The van der Waals surface area contributed by atoms with Crippen molar-refractivity contribution in [1.29, 1.82) is 0 Å². The fourth-order valence-electron chi connectivity index (χ4n) is 2.08. The number of nitrogen functional groups attached to an aromatic ring is 1. The van der Waals surface area contributed by atoms with Gasteiger partial charge in [0.25, 0.3) is 5.91 Å². The molecule has 7 nitrogen and oxygen atoms in total. The molecular formula is C18H15F3N4O3. The summed E-state index contributed by atoms with van der Waals surface area (Å²) in [5.41, 5.74) is 9.01. The molecule has 0 atom stereocenters. The highest BCUT2D eigenvalue weighted by Crippen LogP contribution is 2.23. The third kappa shape index (κ3) is 5.34. The average Bonchev–Trinajstić information content (AvgIpc) is 3.14. The molecule has 5 N–H and O–H groups in total. The van der Waals surface area contributed by atoms with Gasteiger partial charge in [-0.1, -0.05) is 42.5 Å². The predicted molar refractivity (Wildman–Crippen MR) is 96.5 cm³/mol. The number of nitrogens with one attached hydrogen (secondary N) is 2. The molecule has 0 aliphatic heterocycles. The van der Waals surface area contributed by atoms with Gasteiger partial charge in [0, 0.05) is 5.56 Å². The number of aromatic amines is 1. The Labute approximate surface area is 157 Å². The van der Waals surface area contributed by atoms with Crippen molar-refractivity contribution in [2.75, 3.05) is 11.1 Å². The van der Waals surface area contributed by atoms with Crippen LogP contribution in [0.2, 0.25) is 0 Å². The van der Waals surface area contributed by atoms with Crippen LogP contribution in [0.5, 0.6) is 0 Å². The summed E-state index contributed by atoms with van der Waals surface area (Å²) in [5, 5.41) is 16.8. The van der Waals surface area contributed by atoms with E-state index in [1.165, 1.54) is 6.20 Å². The first-order chi connectivity index (χ1) is 13.2. The molecule has 0 aliphatic rings. The summed E-state index contributed by atoms with van der Waals surface area (Å²) < 4.78 is 31.7. The standard InChI is InChI=1S/C16H14N4O.C2HF3O2/c17-13-8-4-5-9-14(13)19-16(21)12-10-18-20-15(12)11-6-2-1-3-7-11;3-2(4,5)1(6)7/h1-10H,17H2,(H,18,20)(H,19,21);(H,6,7). The summed E-state index contributed by atoms with van der Waals surface area (Å²) in [7, 11) is 0. The Kier molecular flexibility index (Phi) is 6.38. The molecule has 1 heterocycles. The van der Waals surface area contributed by atoms with Gasteiger partial charge in [-0.15, -0.1) is 0 Å². The number of alkyl halides is 3. The van der Waals surface area contributed by atoms with Gasteiger partial charge < -0.3 is 16.2 Å². The van der Waals surface area contributed by atoms with E-state index < -0.39 is 12.1 Å². The Balaban J connectivity index is 0.000000345. The number of anilines is 2. The van der Waals surface area contributed by atoms with Crippen LogP contribution in [-0.2, 0) is 4.79 Å². The highest BCUT2D eigenvalue weighted by atomic mass is 19.4. The van der Waals surface area contributed by atoms with Gasteiger partial charge in [0.05, 0.1) is 28.8 Å². The van der Waals surface area contributed by atoms with Crippen molar-refractivity contribution in [3.63, 3.8) is 0 Å². The maximum atomic E-state index is 12.4. The minimum atomic E-state index is -5.08. The van der Waals surface area contributed by atoms with Gasteiger partial charge >= 0.3 is 12.1 Å². The first-order valence-electron chi connectivity index (χ1n) is 7.75. The van der Waals surface area contributed by atoms with Crippen LogP contribution in [0.3, 0.4) is 0 Å². The monoisotopic (exact) mass is 392 g/mol. The third-order valence-corrected chi connectivity index (χ3v) is 3.40. The third-order valence-electron chi connectivity index (χ3n) is 3.40. The van der Waals surface area contributed by atoms with Crippen molar-refractivity contribution in [3.8, 4) is 11.3 Å². The molecule has 0 saturated carbocycles. The van der Waals surface area contributed by atoms with Crippen molar-refractivity contribution in [3.05, 3.63) is 66.4 Å². The number of nitrogens with two attached hydrogens (primary N) is 1. The number of aliphatic carboxylic acids is 1. The molecule has 1 aromatic heterocycles. The van der Waals surface area contributed by atoms with Crippen molar-refractivity contribution < 1.29 is 27.9 Å². The maximum Gasteiger partial charge on any atom is 0.490 e. The Morgan fingerprint density at radius 1 is 1.04 bits per heavy atom. The molecule has 0 fully saturated rings. The quantitative estimate of drug-likeness (QED) is 0.508. The van der Waals surface area contributed by atoms with E-state index in [0.717, 1.165) is 5.56 Å². The average molecular weight is 392 g/mol. The molecule has 3 rings (SSSR count). The first-order valence-corrected chi connectivity index (χ1v) is 7.75. The molecule has 2 aromatic carbocycles. The smallest absolute Gasteiger partial charge is 0.475 e. The summed E-state index contributed by atoms with van der Waals surface area (Å²) in [6, 6.07) is 16.7. The first kappa shape index (κ1) is 20.5. The summed E-state index contributed by atoms with van der Waals surface area (Å²) >= 11 is 0. The molecule has 0 unspecified atom stereocenters. The number of H-pyrrole nitrogens is 1. The zero-order valence-corrected chi connectivity index (χ0v) is 14.2. The number of aromatic nitrogens is 2. The number of carboxylic acids is 1. The number of hydrogen-bond acceptors (Lipinski definition) is 4. The number of benzene rings is 2. The largest absolute Gasteiger partial charge is 0.490 e. The van der Waals surface area contributed by atoms with Crippen LogP contribution in [0, 0.1) is 0 Å². The number of amides is 1. The van der Waals surface area contributed by atoms with Gasteiger partial charge in [-0.3, -0.25) is 9.89 Å². The number of para-hydroxylation sites is 2. The lowest BCUT2D eigenvalue weighted by Crippen LogP contribution is -2.21. The molecule has 146 valence electrons. The van der Waals surface area contributed by atoms with E-state index in [2.05, 4.69) is 15.5 Å². The molecule has 0 aliphatic carbocycles. The van der Waals surface area contributed by atoms with Crippen LogP contribution >= 0.6 is 0 Å². The van der Waals surface area contributed by atoms with Crippen LogP contribution in [0.15, 0.2) is 60.8 Å². The van der Waals surface area contributed by atoms with E-state index in [4.69, 9.17) is 15.6 Å². The molecule has 0 bridgehead atoms. The van der Waals surface area contributed by atoms with Crippen LogP contribution < -0.4 is 11.1 Å². The SMILES string of the molecule is Nc1ccccc1NC(=O)c1cn[nH]c1-c1ccccc1.O=C(O)C(F)(F)F. The lowest BCUT2D eigenvalue weighted by Gasteiger charge is -2.08. The zero-order chi connectivity index (χ0) is 20.7. The molecular weight excluding hydrogens is 377 g/mol. The van der Waals surface area contributed by atoms with Gasteiger partial charge in [-0.25, -0.2) is 4.79 Å². The van der Waals surface area contributed by atoms with E-state index in [1.54, 1.807) is 12.1 Å². The van der Waals surface area contributed by atoms with E-state index in [1.807, 2.05) is 42.5 Å². The van der Waals surface area contributed by atoms with E-state index in [-0.39, 0.29) is 5.91 Å². The van der Waals surface area contributed by atoms with Crippen molar-refractivity contribution in [2.45, 2.75) is 6.18 Å². The van der Waals surface area contributed by atoms with Crippen LogP contribution in [-0.4, -0.2) is 33.4 Å². The summed E-state index contributed by atoms with van der Waals surface area (Å²) in [4.78, 5) is 21.3. The minimum Gasteiger partial charge on any atom is -0.475 e. The molecule has 3 aromatic rings. The lowest BCUT2D eigenvalue weighted by atomic mass is 10.1. The minimum absolute atomic E-state index is 0.250. The number of carbonyl (C=O) groups is 2. The second-order valence-corrected chi connectivity index (χ2v) is 5.37. The summed E-state index contributed by atoms with van der Waals surface area (Å²) in [5.74, 6) is -3.01. The molecule has 0 radical (unpaired) electrons. The Morgan fingerprint density at radius 2 is 1.61 bits per heavy atom. The predicted octanol–water partition coefficient (Wildman–Crippen LogP) is 3.54. The van der Waals surface area contributed by atoms with E-state index in [9.17, 15) is 18.0 Å². The second-order valence-electron chi connectivity index (χ2n) is 5.37. The Bertz CT molecular complexity index is 956. The number of rotatable bonds is 3. The number of carboxylic acid groups (broad SMARTS) is 1. The van der Waals surface area contributed by atoms with E-state index in [0.29, 0.717) is 22.6 Å². The van der Waals surface area contributed by atoms with Crippen molar-refractivity contribution >= 4 is 23.3 Å². The van der Waals surface area contributed by atoms with E-state index >= 15 is 0 Å². The summed E-state index contributed by atoms with van der Waals surface area (Å²) in [6.07, 6.45) is -3.57. The number of carbonyl (C=O) groups excluding carboxylic acids is 1. The van der Waals surface area contributed by atoms with Gasteiger partial charge in [-0.2, -0.15) is 18.3 Å². The van der Waals surface area contributed by atoms with Crippen molar-refractivity contribution in [2.24, 2.45) is 0 Å². The topological polar surface area (TPSA) is 121 Å². The second kappa shape index (κ2) is 8.71. The number of nitrogens with zero attached hydrogens (tertiary/aromatic N) is 1. The van der Waals surface area contributed by atoms with Crippen molar-refractivity contribution in [1.82, 2.24) is 10.2 Å². The van der Waals surface area contributed by atoms with Crippen LogP contribution in [0.25, 0.3) is 11.3 Å². The molecule has 0 saturated heterocycles. The normalized spacial score (nSPS) is 10.5.